The van der Waals surface area contributed by atoms with Crippen LogP contribution in [-0.2, 0) is 13.0 Å². The van der Waals surface area contributed by atoms with Gasteiger partial charge in [-0.25, -0.2) is 0 Å². The lowest BCUT2D eigenvalue weighted by molar-refractivity contribution is 0.353. The van der Waals surface area contributed by atoms with Gasteiger partial charge in [-0.15, -0.1) is 5.10 Å². The smallest absolute Gasteiger partial charge is 0.249 e. The van der Waals surface area contributed by atoms with E-state index in [4.69, 9.17) is 14.5 Å². The summed E-state index contributed by atoms with van der Waals surface area (Å²) in [5.74, 6) is 2.80. The summed E-state index contributed by atoms with van der Waals surface area (Å²) in [6.07, 6.45) is 2.61. The highest BCUT2D eigenvalue weighted by molar-refractivity contribution is 5.60. The largest absolute Gasteiger partial charge is 0.493 e. The van der Waals surface area contributed by atoms with Crippen LogP contribution in [0.5, 0.6) is 11.5 Å². The first kappa shape index (κ1) is 19.0. The molecule has 0 saturated heterocycles. The van der Waals surface area contributed by atoms with Gasteiger partial charge in [0, 0.05) is 18.8 Å². The number of nitrogens with one attached hydrogen (secondary N) is 1. The van der Waals surface area contributed by atoms with Crippen molar-refractivity contribution in [2.24, 2.45) is 0 Å². The predicted octanol–water partition coefficient (Wildman–Crippen LogP) is 3.81. The molecule has 0 atom stereocenters. The molecule has 0 amide bonds. The standard InChI is InChI=1S/C22H25N5O2/c1-14-5-6-15(2)18(9-14)24-22-25-21(12-23-26-22)27-8-7-16-10-19(28-3)20(29-4)11-17(16)13-27/h5-6,9-12H,7-8,13H2,1-4H3,(H,24,25,26). The number of aromatic nitrogens is 3. The Bertz CT molecular complexity index is 1040. The van der Waals surface area contributed by atoms with Gasteiger partial charge in [-0.1, -0.05) is 12.1 Å². The zero-order valence-electron chi connectivity index (χ0n) is 17.2. The van der Waals surface area contributed by atoms with E-state index in [9.17, 15) is 0 Å². The fraction of sp³-hybridized carbons (Fsp3) is 0.318. The van der Waals surface area contributed by atoms with Crippen molar-refractivity contribution in [3.8, 4) is 11.5 Å². The van der Waals surface area contributed by atoms with Crippen molar-refractivity contribution in [3.63, 3.8) is 0 Å². The number of methoxy groups -OCH3 is 2. The molecule has 150 valence electrons. The Kier molecular flexibility index (Phi) is 5.20. The van der Waals surface area contributed by atoms with E-state index in [0.29, 0.717) is 5.95 Å². The van der Waals surface area contributed by atoms with E-state index in [2.05, 4.69) is 58.5 Å². The maximum atomic E-state index is 5.46. The van der Waals surface area contributed by atoms with Crippen molar-refractivity contribution in [2.45, 2.75) is 26.8 Å². The normalized spacial score (nSPS) is 13.0. The number of rotatable bonds is 5. The lowest BCUT2D eigenvalue weighted by Crippen LogP contribution is -2.31. The second kappa shape index (κ2) is 7.95. The van der Waals surface area contributed by atoms with Crippen molar-refractivity contribution in [1.29, 1.82) is 0 Å². The molecule has 0 unspecified atom stereocenters. The molecule has 2 aromatic carbocycles. The number of hydrogen-bond donors (Lipinski definition) is 1. The molecule has 29 heavy (non-hydrogen) atoms. The minimum absolute atomic E-state index is 0.495. The Balaban J connectivity index is 1.57. The summed E-state index contributed by atoms with van der Waals surface area (Å²) >= 11 is 0. The van der Waals surface area contributed by atoms with E-state index in [-0.39, 0.29) is 0 Å². The van der Waals surface area contributed by atoms with Crippen LogP contribution < -0.4 is 19.7 Å². The highest BCUT2D eigenvalue weighted by Crippen LogP contribution is 2.34. The van der Waals surface area contributed by atoms with Crippen LogP contribution in [0.4, 0.5) is 17.5 Å². The minimum atomic E-state index is 0.495. The van der Waals surface area contributed by atoms with E-state index in [0.717, 1.165) is 48.1 Å². The van der Waals surface area contributed by atoms with Gasteiger partial charge in [-0.2, -0.15) is 10.1 Å². The molecule has 3 aromatic rings. The van der Waals surface area contributed by atoms with Crippen LogP contribution >= 0.6 is 0 Å². The van der Waals surface area contributed by atoms with E-state index in [1.807, 2.05) is 6.07 Å². The molecule has 0 spiro atoms. The maximum Gasteiger partial charge on any atom is 0.249 e. The molecule has 1 aromatic heterocycles. The zero-order chi connectivity index (χ0) is 20.4. The Hall–Kier alpha value is -3.35. The lowest BCUT2D eigenvalue weighted by atomic mass is 9.99. The molecule has 1 aliphatic rings. The Morgan fingerprint density at radius 3 is 2.52 bits per heavy atom. The van der Waals surface area contributed by atoms with Crippen molar-refractivity contribution in [1.82, 2.24) is 15.2 Å². The van der Waals surface area contributed by atoms with Gasteiger partial charge in [0.1, 0.15) is 0 Å². The molecule has 7 nitrogen and oxygen atoms in total. The van der Waals surface area contributed by atoms with Gasteiger partial charge in [0.15, 0.2) is 17.3 Å². The van der Waals surface area contributed by atoms with Crippen molar-refractivity contribution in [2.75, 3.05) is 31.0 Å². The molecule has 0 radical (unpaired) electrons. The van der Waals surface area contributed by atoms with Crippen molar-refractivity contribution >= 4 is 17.5 Å². The van der Waals surface area contributed by atoms with Gasteiger partial charge < -0.3 is 19.7 Å². The molecule has 1 aliphatic heterocycles. The second-order valence-corrected chi connectivity index (χ2v) is 7.23. The topological polar surface area (TPSA) is 72.4 Å². The van der Waals surface area contributed by atoms with Gasteiger partial charge in [-0.05, 0) is 60.7 Å². The summed E-state index contributed by atoms with van der Waals surface area (Å²) in [5, 5.41) is 11.6. The van der Waals surface area contributed by atoms with E-state index < -0.39 is 0 Å². The third-order valence-corrected chi connectivity index (χ3v) is 5.23. The number of hydrogen-bond acceptors (Lipinski definition) is 7. The molecule has 0 aliphatic carbocycles. The summed E-state index contributed by atoms with van der Waals surface area (Å²) in [6.45, 7) is 5.71. The number of aryl methyl sites for hydroxylation is 2. The molecule has 0 fully saturated rings. The second-order valence-electron chi connectivity index (χ2n) is 7.23. The summed E-state index contributed by atoms with van der Waals surface area (Å²) < 4.78 is 10.9. The van der Waals surface area contributed by atoms with Crippen LogP contribution in [0.25, 0.3) is 0 Å². The summed E-state index contributed by atoms with van der Waals surface area (Å²) in [6, 6.07) is 10.4. The van der Waals surface area contributed by atoms with Crippen molar-refractivity contribution in [3.05, 3.63) is 58.8 Å². The van der Waals surface area contributed by atoms with E-state index in [1.54, 1.807) is 20.4 Å². The van der Waals surface area contributed by atoms with Gasteiger partial charge in [0.05, 0.1) is 20.4 Å². The highest BCUT2D eigenvalue weighted by atomic mass is 16.5. The first-order valence-electron chi connectivity index (χ1n) is 9.60. The van der Waals surface area contributed by atoms with Crippen LogP contribution in [0.2, 0.25) is 0 Å². The third-order valence-electron chi connectivity index (χ3n) is 5.23. The van der Waals surface area contributed by atoms with Crippen LogP contribution in [0.3, 0.4) is 0 Å². The molecule has 2 heterocycles. The predicted molar refractivity (Wildman–Crippen MR) is 113 cm³/mol. The van der Waals surface area contributed by atoms with Gasteiger partial charge in [0.25, 0.3) is 0 Å². The first-order valence-corrected chi connectivity index (χ1v) is 9.60. The van der Waals surface area contributed by atoms with Crippen LogP contribution in [-0.4, -0.2) is 35.9 Å². The van der Waals surface area contributed by atoms with E-state index >= 15 is 0 Å². The van der Waals surface area contributed by atoms with Gasteiger partial charge in [-0.3, -0.25) is 0 Å². The first-order chi connectivity index (χ1) is 14.1. The fourth-order valence-electron chi connectivity index (χ4n) is 3.57. The molecular formula is C22H25N5O2. The van der Waals surface area contributed by atoms with Crippen LogP contribution in [0.1, 0.15) is 22.3 Å². The Morgan fingerprint density at radius 1 is 1.00 bits per heavy atom. The SMILES string of the molecule is COc1cc2c(cc1OC)CN(c1cnnc(Nc3cc(C)ccc3C)n1)CC2. The molecule has 1 N–H and O–H groups in total. The number of ether oxygens (including phenoxy) is 2. The molecular weight excluding hydrogens is 366 g/mol. The summed E-state index contributed by atoms with van der Waals surface area (Å²) in [7, 11) is 3.32. The molecule has 4 rings (SSSR count). The zero-order valence-corrected chi connectivity index (χ0v) is 17.2. The highest BCUT2D eigenvalue weighted by Gasteiger charge is 2.21. The molecule has 7 heteroatoms. The third kappa shape index (κ3) is 3.94. The van der Waals surface area contributed by atoms with Crippen LogP contribution in [0, 0.1) is 13.8 Å². The number of benzene rings is 2. The quantitative estimate of drug-likeness (QED) is 0.709. The van der Waals surface area contributed by atoms with Crippen molar-refractivity contribution < 1.29 is 9.47 Å². The Labute approximate surface area is 170 Å². The van der Waals surface area contributed by atoms with Gasteiger partial charge >= 0.3 is 0 Å². The summed E-state index contributed by atoms with van der Waals surface area (Å²) in [4.78, 5) is 6.90. The minimum Gasteiger partial charge on any atom is -0.493 e. The fourth-order valence-corrected chi connectivity index (χ4v) is 3.57. The number of nitrogens with zero attached hydrogens (tertiary/aromatic N) is 4. The maximum absolute atomic E-state index is 5.46. The number of fused-ring (bicyclic) bond motifs is 1. The number of anilines is 3. The Morgan fingerprint density at radius 2 is 1.76 bits per heavy atom. The molecule has 0 bridgehead atoms. The van der Waals surface area contributed by atoms with Crippen LogP contribution in [0.15, 0.2) is 36.5 Å². The summed E-state index contributed by atoms with van der Waals surface area (Å²) in [5.41, 5.74) is 5.78. The average molecular weight is 391 g/mol. The van der Waals surface area contributed by atoms with Gasteiger partial charge in [0.2, 0.25) is 5.95 Å². The lowest BCUT2D eigenvalue weighted by Gasteiger charge is -2.30. The van der Waals surface area contributed by atoms with E-state index in [1.165, 1.54) is 16.7 Å². The molecule has 0 saturated carbocycles. The average Bonchev–Trinajstić information content (AvgIpc) is 2.75. The monoisotopic (exact) mass is 391 g/mol.